The van der Waals surface area contributed by atoms with Crippen molar-refractivity contribution in [2.75, 3.05) is 6.61 Å². The molecule has 3 rings (SSSR count). The third-order valence-corrected chi connectivity index (χ3v) is 3.38. The Kier molecular flexibility index (Phi) is 3.11. The number of aliphatic hydroxyl groups excluding tert-OH is 3. The fourth-order valence-corrected chi connectivity index (χ4v) is 2.30. The van der Waals surface area contributed by atoms with E-state index in [1.54, 1.807) is 0 Å². The first-order valence-corrected chi connectivity index (χ1v) is 5.96. The topological polar surface area (TPSA) is 114 Å². The van der Waals surface area contributed by atoms with Gasteiger partial charge in [-0.05, 0) is 0 Å². The minimum absolute atomic E-state index is 0.190. The van der Waals surface area contributed by atoms with Crippen LogP contribution in [0.3, 0.4) is 0 Å². The molecule has 102 valence electrons. The van der Waals surface area contributed by atoms with Crippen molar-refractivity contribution >= 4 is 22.8 Å². The van der Waals surface area contributed by atoms with Crippen molar-refractivity contribution in [3.8, 4) is 0 Å². The number of halogens is 1. The lowest BCUT2D eigenvalue weighted by atomic mass is 10.1. The Labute approximate surface area is 112 Å². The summed E-state index contributed by atoms with van der Waals surface area (Å²) in [5, 5.41) is 28.9. The lowest BCUT2D eigenvalue weighted by Gasteiger charge is -2.16. The van der Waals surface area contributed by atoms with Gasteiger partial charge in [0.1, 0.15) is 30.2 Å². The quantitative estimate of drug-likeness (QED) is 0.613. The van der Waals surface area contributed by atoms with Crippen molar-refractivity contribution in [3.63, 3.8) is 0 Å². The van der Waals surface area contributed by atoms with Crippen molar-refractivity contribution in [1.29, 1.82) is 0 Å². The molecule has 0 unspecified atom stereocenters. The van der Waals surface area contributed by atoms with Crippen LogP contribution in [0.15, 0.2) is 12.7 Å². The summed E-state index contributed by atoms with van der Waals surface area (Å²) in [6, 6.07) is 0. The summed E-state index contributed by atoms with van der Waals surface area (Å²) in [4.78, 5) is 11.9. The average molecular weight is 287 g/mol. The first-order valence-electron chi connectivity index (χ1n) is 5.59. The maximum atomic E-state index is 9.95. The fraction of sp³-hybridized carbons (Fsp3) is 0.500. The molecule has 1 aliphatic heterocycles. The highest BCUT2D eigenvalue weighted by Crippen LogP contribution is 2.31. The Hall–Kier alpha value is -1.32. The molecule has 0 aromatic carbocycles. The first-order chi connectivity index (χ1) is 9.13. The molecule has 1 saturated heterocycles. The third kappa shape index (κ3) is 1.88. The monoisotopic (exact) mass is 286 g/mol. The van der Waals surface area contributed by atoms with Crippen LogP contribution in [-0.2, 0) is 4.74 Å². The summed E-state index contributed by atoms with van der Waals surface area (Å²) < 4.78 is 6.85. The number of ether oxygens (including phenoxy) is 1. The van der Waals surface area contributed by atoms with E-state index in [9.17, 15) is 10.2 Å². The molecule has 0 amide bonds. The first kappa shape index (κ1) is 12.7. The SMILES string of the molecule is OC[C@@H]1O[C@H](n2cnc3c(Cl)ncnc32)[C@H](O)[C@@H]1O. The molecule has 3 heterocycles. The van der Waals surface area contributed by atoms with E-state index in [1.165, 1.54) is 17.2 Å². The lowest BCUT2D eigenvalue weighted by Crippen LogP contribution is -2.33. The summed E-state index contributed by atoms with van der Waals surface area (Å²) in [7, 11) is 0. The number of aliphatic hydroxyl groups is 3. The fourth-order valence-electron chi connectivity index (χ4n) is 2.12. The second kappa shape index (κ2) is 4.66. The molecular formula is C10H11ClN4O4. The van der Waals surface area contributed by atoms with E-state index in [4.69, 9.17) is 21.4 Å². The molecule has 1 fully saturated rings. The molecule has 8 nitrogen and oxygen atoms in total. The maximum Gasteiger partial charge on any atom is 0.167 e. The maximum absolute atomic E-state index is 9.95. The number of rotatable bonds is 2. The molecule has 0 aliphatic carbocycles. The molecule has 3 N–H and O–H groups in total. The summed E-state index contributed by atoms with van der Waals surface area (Å²) in [5.74, 6) is 0. The van der Waals surface area contributed by atoms with Gasteiger partial charge < -0.3 is 20.1 Å². The zero-order valence-electron chi connectivity index (χ0n) is 9.59. The van der Waals surface area contributed by atoms with E-state index in [-0.39, 0.29) is 5.15 Å². The van der Waals surface area contributed by atoms with Crippen molar-refractivity contribution < 1.29 is 20.1 Å². The Morgan fingerprint density at radius 3 is 2.74 bits per heavy atom. The van der Waals surface area contributed by atoms with Crippen LogP contribution in [-0.4, -0.2) is 59.8 Å². The number of nitrogens with zero attached hydrogens (tertiary/aromatic N) is 4. The zero-order chi connectivity index (χ0) is 13.6. The third-order valence-electron chi connectivity index (χ3n) is 3.11. The van der Waals surface area contributed by atoms with E-state index in [2.05, 4.69) is 15.0 Å². The van der Waals surface area contributed by atoms with E-state index >= 15 is 0 Å². The van der Waals surface area contributed by atoms with Crippen LogP contribution >= 0.6 is 11.6 Å². The number of aromatic nitrogens is 4. The second-order valence-corrected chi connectivity index (χ2v) is 4.58. The van der Waals surface area contributed by atoms with Crippen molar-refractivity contribution in [3.05, 3.63) is 17.8 Å². The van der Waals surface area contributed by atoms with Gasteiger partial charge in [-0.1, -0.05) is 11.6 Å². The van der Waals surface area contributed by atoms with Gasteiger partial charge in [-0.2, -0.15) is 0 Å². The molecule has 0 spiro atoms. The Morgan fingerprint density at radius 2 is 2.05 bits per heavy atom. The van der Waals surface area contributed by atoms with Crippen molar-refractivity contribution in [2.45, 2.75) is 24.5 Å². The molecule has 2 aromatic heterocycles. The number of imidazole rings is 1. The van der Waals surface area contributed by atoms with Crippen LogP contribution in [0, 0.1) is 0 Å². The van der Waals surface area contributed by atoms with Gasteiger partial charge in [0, 0.05) is 0 Å². The van der Waals surface area contributed by atoms with Gasteiger partial charge >= 0.3 is 0 Å². The zero-order valence-corrected chi connectivity index (χ0v) is 10.3. The van der Waals surface area contributed by atoms with Gasteiger partial charge in [0.25, 0.3) is 0 Å². The van der Waals surface area contributed by atoms with Gasteiger partial charge in [-0.3, -0.25) is 4.57 Å². The van der Waals surface area contributed by atoms with Gasteiger partial charge in [-0.25, -0.2) is 15.0 Å². The highest BCUT2D eigenvalue weighted by molar-refractivity contribution is 6.33. The number of hydrogen-bond donors (Lipinski definition) is 3. The molecule has 19 heavy (non-hydrogen) atoms. The van der Waals surface area contributed by atoms with E-state index in [0.717, 1.165) is 0 Å². The minimum atomic E-state index is -1.19. The molecule has 9 heteroatoms. The normalized spacial score (nSPS) is 31.2. The summed E-state index contributed by atoms with van der Waals surface area (Å²) in [5.41, 5.74) is 0.761. The molecule has 0 radical (unpaired) electrons. The Morgan fingerprint density at radius 1 is 1.26 bits per heavy atom. The average Bonchev–Trinajstić information content (AvgIpc) is 2.94. The van der Waals surface area contributed by atoms with Gasteiger partial charge in [0.05, 0.1) is 12.9 Å². The Balaban J connectivity index is 2.04. The van der Waals surface area contributed by atoms with Crippen LogP contribution in [0.25, 0.3) is 11.2 Å². The second-order valence-electron chi connectivity index (χ2n) is 4.22. The van der Waals surface area contributed by atoms with Gasteiger partial charge in [-0.15, -0.1) is 0 Å². The van der Waals surface area contributed by atoms with E-state index in [1.807, 2.05) is 0 Å². The Bertz CT molecular complexity index is 606. The summed E-state index contributed by atoms with van der Waals surface area (Å²) in [6.07, 6.45) is -1.44. The predicted octanol–water partition coefficient (Wildman–Crippen LogP) is -0.909. The van der Waals surface area contributed by atoms with Crippen LogP contribution in [0.1, 0.15) is 6.23 Å². The smallest absolute Gasteiger partial charge is 0.167 e. The summed E-state index contributed by atoms with van der Waals surface area (Å²) >= 11 is 5.88. The van der Waals surface area contributed by atoms with Gasteiger partial charge in [0.2, 0.25) is 0 Å². The summed E-state index contributed by atoms with van der Waals surface area (Å²) in [6.45, 7) is -0.392. The molecule has 0 saturated carbocycles. The minimum Gasteiger partial charge on any atom is -0.394 e. The highest BCUT2D eigenvalue weighted by Gasteiger charge is 2.43. The standard InChI is InChI=1S/C10H11ClN4O4/c11-8-5-9(13-2-12-8)15(3-14-5)10-7(18)6(17)4(1-16)19-10/h2-4,6-7,10,16-18H,1H2/t4-,6+,7+,10-/m0/s1. The van der Waals surface area contributed by atoms with Crippen LogP contribution in [0.2, 0.25) is 5.15 Å². The highest BCUT2D eigenvalue weighted by atomic mass is 35.5. The van der Waals surface area contributed by atoms with E-state index in [0.29, 0.717) is 11.2 Å². The molecule has 1 aliphatic rings. The number of hydrogen-bond acceptors (Lipinski definition) is 7. The predicted molar refractivity (Wildman–Crippen MR) is 63.3 cm³/mol. The van der Waals surface area contributed by atoms with Gasteiger partial charge in [0.15, 0.2) is 17.0 Å². The molecule has 2 aromatic rings. The lowest BCUT2D eigenvalue weighted by molar-refractivity contribution is -0.0511. The van der Waals surface area contributed by atoms with E-state index < -0.39 is 31.1 Å². The van der Waals surface area contributed by atoms with Crippen molar-refractivity contribution in [1.82, 2.24) is 19.5 Å². The largest absolute Gasteiger partial charge is 0.394 e. The molecular weight excluding hydrogens is 276 g/mol. The van der Waals surface area contributed by atoms with Crippen LogP contribution < -0.4 is 0 Å². The van der Waals surface area contributed by atoms with Crippen LogP contribution in [0.4, 0.5) is 0 Å². The van der Waals surface area contributed by atoms with Crippen molar-refractivity contribution in [2.24, 2.45) is 0 Å². The molecule has 4 atom stereocenters. The number of fused-ring (bicyclic) bond motifs is 1. The van der Waals surface area contributed by atoms with Crippen LogP contribution in [0.5, 0.6) is 0 Å². The molecule has 0 bridgehead atoms.